The van der Waals surface area contributed by atoms with Gasteiger partial charge in [-0.05, 0) is 26.3 Å². The number of aliphatic hydroxyl groups is 2. The predicted octanol–water partition coefficient (Wildman–Crippen LogP) is 0.259. The number of aliphatic hydroxyl groups excluding tert-OH is 2. The summed E-state index contributed by atoms with van der Waals surface area (Å²) in [5.41, 5.74) is -0.807. The van der Waals surface area contributed by atoms with E-state index in [2.05, 4.69) is 46.7 Å². The lowest BCUT2D eigenvalue weighted by Crippen LogP contribution is -2.39. The van der Waals surface area contributed by atoms with Crippen LogP contribution >= 0.6 is 22.6 Å². The highest BCUT2D eigenvalue weighted by Crippen LogP contribution is 2.39. The number of nitrogens with zero attached hydrogens (tertiary/aromatic N) is 1. The lowest BCUT2D eigenvalue weighted by Gasteiger charge is -2.28. The third kappa shape index (κ3) is 4.33. The summed E-state index contributed by atoms with van der Waals surface area (Å²) < 4.78 is 6.94. The van der Waals surface area contributed by atoms with E-state index in [0.29, 0.717) is 12.0 Å². The molecule has 2 heterocycles. The van der Waals surface area contributed by atoms with Crippen molar-refractivity contribution in [2.45, 2.75) is 67.6 Å². The van der Waals surface area contributed by atoms with Gasteiger partial charge in [-0.1, -0.05) is 36.4 Å². The molecule has 2 rings (SSSR count). The molecule has 1 saturated heterocycles. The number of H-pyrrole nitrogens is 1. The minimum atomic E-state index is -1.25. The van der Waals surface area contributed by atoms with Crippen LogP contribution in [-0.2, 0) is 11.3 Å². The molecule has 4 atom stereocenters. The highest BCUT2D eigenvalue weighted by molar-refractivity contribution is 14.1. The second kappa shape index (κ2) is 8.30. The van der Waals surface area contributed by atoms with Crippen LogP contribution in [0.5, 0.6) is 0 Å². The number of halogens is 1. The fourth-order valence-electron chi connectivity index (χ4n) is 3.06. The molecule has 142 valence electrons. The number of ether oxygens (including phenoxy) is 1. The molecule has 0 bridgehead atoms. The van der Waals surface area contributed by atoms with Gasteiger partial charge < -0.3 is 20.3 Å². The lowest BCUT2D eigenvalue weighted by molar-refractivity contribution is -0.0442. The zero-order chi connectivity index (χ0) is 18.8. The average Bonchev–Trinajstić information content (AvgIpc) is 2.85. The fraction of sp³-hybridized carbons (Fsp3) is 0.750. The molecular formula is C16H26IN3O5. The van der Waals surface area contributed by atoms with Crippen LogP contribution in [0.2, 0.25) is 0 Å². The van der Waals surface area contributed by atoms with Gasteiger partial charge in [-0.2, -0.15) is 0 Å². The predicted molar refractivity (Wildman–Crippen MR) is 102 cm³/mol. The van der Waals surface area contributed by atoms with Gasteiger partial charge in [0.25, 0.3) is 5.56 Å². The molecule has 0 aliphatic carbocycles. The molecule has 25 heavy (non-hydrogen) atoms. The van der Waals surface area contributed by atoms with Crippen LogP contribution in [0, 0.1) is 0 Å². The Bertz CT molecular complexity index is 700. The number of aromatic amines is 1. The molecule has 1 aromatic heterocycles. The number of nitrogens with one attached hydrogen (secondary N) is 2. The van der Waals surface area contributed by atoms with E-state index in [1.165, 1.54) is 6.20 Å². The molecule has 0 radical (unpaired) electrons. The summed E-state index contributed by atoms with van der Waals surface area (Å²) in [6.07, 6.45) is -0.203. The van der Waals surface area contributed by atoms with Crippen LogP contribution in [-0.4, -0.2) is 48.5 Å². The standard InChI is InChI=1S/C16H26IN3O5/c1-4-16(17,5-2)6-10-11(21)12(22)14(25-10)20-8-9(7-18-3)13(23)19-15(20)24/h8,10-12,14,18,21-22H,4-7H2,1-3H3,(H,19,23,24)/t10-,11-,12-,14?/m1/s1. The van der Waals surface area contributed by atoms with Crippen molar-refractivity contribution in [3.63, 3.8) is 0 Å². The maximum absolute atomic E-state index is 12.2. The van der Waals surface area contributed by atoms with E-state index in [-0.39, 0.29) is 9.97 Å². The number of hydrogen-bond acceptors (Lipinski definition) is 6. The minimum absolute atomic E-state index is 0.0503. The Hall–Kier alpha value is -0.750. The first-order valence-electron chi connectivity index (χ1n) is 8.45. The van der Waals surface area contributed by atoms with Gasteiger partial charge in [0.15, 0.2) is 6.23 Å². The van der Waals surface area contributed by atoms with Crippen molar-refractivity contribution < 1.29 is 14.9 Å². The van der Waals surface area contributed by atoms with Crippen LogP contribution in [0.4, 0.5) is 0 Å². The van der Waals surface area contributed by atoms with Crippen molar-refractivity contribution in [2.75, 3.05) is 7.05 Å². The molecule has 1 unspecified atom stereocenters. The second-order valence-corrected chi connectivity index (χ2v) is 8.75. The van der Waals surface area contributed by atoms with Crippen molar-refractivity contribution in [1.29, 1.82) is 0 Å². The van der Waals surface area contributed by atoms with Gasteiger partial charge >= 0.3 is 5.69 Å². The summed E-state index contributed by atoms with van der Waals surface area (Å²) in [6.45, 7) is 4.41. The topological polar surface area (TPSA) is 117 Å². The molecule has 0 amide bonds. The lowest BCUT2D eigenvalue weighted by atomic mass is 9.93. The van der Waals surface area contributed by atoms with Crippen molar-refractivity contribution in [2.24, 2.45) is 0 Å². The third-order valence-electron chi connectivity index (χ3n) is 4.85. The summed E-state index contributed by atoms with van der Waals surface area (Å²) in [6, 6.07) is 0. The summed E-state index contributed by atoms with van der Waals surface area (Å²) in [7, 11) is 1.69. The van der Waals surface area contributed by atoms with Crippen LogP contribution in [0.3, 0.4) is 0 Å². The molecule has 1 aliphatic rings. The highest BCUT2D eigenvalue weighted by atomic mass is 127. The molecule has 8 nitrogen and oxygen atoms in total. The van der Waals surface area contributed by atoms with E-state index in [4.69, 9.17) is 4.74 Å². The van der Waals surface area contributed by atoms with E-state index in [1.54, 1.807) is 7.05 Å². The second-order valence-electron chi connectivity index (χ2n) is 6.46. The molecule has 4 N–H and O–H groups in total. The molecule has 1 aliphatic heterocycles. The normalized spacial score (nSPS) is 27.0. The van der Waals surface area contributed by atoms with E-state index >= 15 is 0 Å². The summed E-state index contributed by atoms with van der Waals surface area (Å²) in [5.74, 6) is 0. The quantitative estimate of drug-likeness (QED) is 0.338. The van der Waals surface area contributed by atoms with E-state index in [1.807, 2.05) is 0 Å². The van der Waals surface area contributed by atoms with Crippen LogP contribution in [0.25, 0.3) is 0 Å². The summed E-state index contributed by atoms with van der Waals surface area (Å²) in [5, 5.41) is 23.6. The zero-order valence-corrected chi connectivity index (χ0v) is 16.8. The molecule has 0 spiro atoms. The largest absolute Gasteiger partial charge is 0.388 e. The molecule has 0 aromatic carbocycles. The molecule has 9 heteroatoms. The Balaban J connectivity index is 2.31. The highest BCUT2D eigenvalue weighted by Gasteiger charge is 2.46. The van der Waals surface area contributed by atoms with Crippen LogP contribution in [0.15, 0.2) is 15.8 Å². The number of hydrogen-bond donors (Lipinski definition) is 4. The maximum atomic E-state index is 12.2. The summed E-state index contributed by atoms with van der Waals surface area (Å²) >= 11 is 2.36. The SMILES string of the molecule is CCC(I)(CC)C[C@H]1OC(n2cc(CNC)c(=O)[nH]c2=O)[C@H](O)[C@@H]1O. The number of aromatic nitrogens is 2. The van der Waals surface area contributed by atoms with Gasteiger partial charge in [0.2, 0.25) is 0 Å². The monoisotopic (exact) mass is 467 g/mol. The third-order valence-corrected chi connectivity index (χ3v) is 6.82. The minimum Gasteiger partial charge on any atom is -0.388 e. The first kappa shape index (κ1) is 20.6. The first-order chi connectivity index (χ1) is 11.8. The molecule has 0 saturated carbocycles. The Morgan fingerprint density at radius 3 is 2.52 bits per heavy atom. The van der Waals surface area contributed by atoms with Crippen LogP contribution in [0.1, 0.15) is 44.9 Å². The van der Waals surface area contributed by atoms with Gasteiger partial charge in [-0.15, -0.1) is 0 Å². The van der Waals surface area contributed by atoms with Crippen molar-refractivity contribution in [3.05, 3.63) is 32.6 Å². The van der Waals surface area contributed by atoms with E-state index < -0.39 is 35.8 Å². The van der Waals surface area contributed by atoms with Crippen molar-refractivity contribution in [3.8, 4) is 0 Å². The van der Waals surface area contributed by atoms with Gasteiger partial charge in [-0.3, -0.25) is 14.3 Å². The van der Waals surface area contributed by atoms with Gasteiger partial charge in [0.1, 0.15) is 12.2 Å². The fourth-order valence-corrected chi connectivity index (χ4v) is 3.49. The zero-order valence-electron chi connectivity index (χ0n) is 14.7. The molecule has 1 fully saturated rings. The Morgan fingerprint density at radius 2 is 1.96 bits per heavy atom. The Labute approximate surface area is 159 Å². The number of alkyl halides is 1. The van der Waals surface area contributed by atoms with Gasteiger partial charge in [-0.25, -0.2) is 4.79 Å². The average molecular weight is 467 g/mol. The Morgan fingerprint density at radius 1 is 1.32 bits per heavy atom. The summed E-state index contributed by atoms with van der Waals surface area (Å²) in [4.78, 5) is 26.2. The smallest absolute Gasteiger partial charge is 0.330 e. The molecular weight excluding hydrogens is 441 g/mol. The van der Waals surface area contributed by atoms with E-state index in [0.717, 1.165) is 17.4 Å². The number of rotatable bonds is 7. The first-order valence-corrected chi connectivity index (χ1v) is 9.53. The van der Waals surface area contributed by atoms with Crippen molar-refractivity contribution >= 4 is 22.6 Å². The Kier molecular flexibility index (Phi) is 6.82. The van der Waals surface area contributed by atoms with Gasteiger partial charge in [0.05, 0.1) is 6.10 Å². The van der Waals surface area contributed by atoms with Crippen molar-refractivity contribution in [1.82, 2.24) is 14.9 Å². The maximum Gasteiger partial charge on any atom is 0.330 e. The van der Waals surface area contributed by atoms with Gasteiger partial charge in [0, 0.05) is 21.7 Å². The van der Waals surface area contributed by atoms with Crippen LogP contribution < -0.4 is 16.6 Å². The molecule has 1 aromatic rings. The van der Waals surface area contributed by atoms with E-state index in [9.17, 15) is 19.8 Å².